The number of nitrogens with two attached hydrogens (primary N) is 2. The number of nitrogen functional groups attached to an aromatic ring is 2. The van der Waals surface area contributed by atoms with Gasteiger partial charge in [0.1, 0.15) is 5.02 Å². The normalized spacial score (nSPS) is 16.9. The highest BCUT2D eigenvalue weighted by Crippen LogP contribution is 2.37. The van der Waals surface area contributed by atoms with E-state index in [1.54, 1.807) is 0 Å². The molecule has 1 aliphatic rings. The molecule has 1 aliphatic heterocycles. The van der Waals surface area contributed by atoms with Crippen molar-refractivity contribution < 1.29 is 9.13 Å². The Kier molecular flexibility index (Phi) is 4.37. The van der Waals surface area contributed by atoms with Crippen molar-refractivity contribution in [2.45, 2.75) is 25.9 Å². The first kappa shape index (κ1) is 14.2. The molecule has 0 aliphatic carbocycles. The average molecular weight is 288 g/mol. The Balaban J connectivity index is 2.18. The lowest BCUT2D eigenvalue weighted by Gasteiger charge is -2.34. The highest BCUT2D eigenvalue weighted by atomic mass is 35.5. The SMILES string of the molecule is CCOC1CCN(c2c(N)cc(N)c(Cl)c2F)CC1. The number of ether oxygens (including phenoxy) is 1. The lowest BCUT2D eigenvalue weighted by atomic mass is 10.1. The van der Waals surface area contributed by atoms with Gasteiger partial charge >= 0.3 is 0 Å². The zero-order valence-electron chi connectivity index (χ0n) is 11.0. The summed E-state index contributed by atoms with van der Waals surface area (Å²) in [7, 11) is 0. The zero-order valence-corrected chi connectivity index (χ0v) is 11.7. The van der Waals surface area contributed by atoms with Crippen molar-refractivity contribution in [2.75, 3.05) is 36.1 Å². The third kappa shape index (κ3) is 2.87. The molecule has 1 heterocycles. The Labute approximate surface area is 117 Å². The fourth-order valence-electron chi connectivity index (χ4n) is 2.46. The second-order valence-corrected chi connectivity index (χ2v) is 5.05. The number of hydrogen-bond donors (Lipinski definition) is 2. The average Bonchev–Trinajstić information content (AvgIpc) is 2.38. The number of piperidine rings is 1. The molecule has 6 heteroatoms. The van der Waals surface area contributed by atoms with Crippen molar-refractivity contribution >= 4 is 28.7 Å². The van der Waals surface area contributed by atoms with Crippen LogP contribution in [0.1, 0.15) is 19.8 Å². The van der Waals surface area contributed by atoms with Crippen molar-refractivity contribution in [1.82, 2.24) is 0 Å². The zero-order chi connectivity index (χ0) is 14.0. The molecule has 4 N–H and O–H groups in total. The first-order chi connectivity index (χ1) is 9.04. The van der Waals surface area contributed by atoms with E-state index in [-0.39, 0.29) is 16.8 Å². The first-order valence-corrected chi connectivity index (χ1v) is 6.81. The van der Waals surface area contributed by atoms with Gasteiger partial charge in [-0.1, -0.05) is 11.6 Å². The van der Waals surface area contributed by atoms with Crippen LogP contribution in [0.25, 0.3) is 0 Å². The Morgan fingerprint density at radius 1 is 1.37 bits per heavy atom. The van der Waals surface area contributed by atoms with Gasteiger partial charge in [-0.25, -0.2) is 4.39 Å². The van der Waals surface area contributed by atoms with Gasteiger partial charge in [0, 0.05) is 19.7 Å². The first-order valence-electron chi connectivity index (χ1n) is 6.44. The lowest BCUT2D eigenvalue weighted by molar-refractivity contribution is 0.0458. The number of hydrogen-bond acceptors (Lipinski definition) is 4. The highest BCUT2D eigenvalue weighted by Gasteiger charge is 2.25. The molecule has 0 amide bonds. The molecule has 4 nitrogen and oxygen atoms in total. The molecule has 0 spiro atoms. The van der Waals surface area contributed by atoms with E-state index in [0.717, 1.165) is 12.8 Å². The van der Waals surface area contributed by atoms with Crippen molar-refractivity contribution in [3.63, 3.8) is 0 Å². The van der Waals surface area contributed by atoms with E-state index >= 15 is 0 Å². The molecule has 0 bridgehead atoms. The quantitative estimate of drug-likeness (QED) is 0.839. The Morgan fingerprint density at radius 3 is 2.58 bits per heavy atom. The van der Waals surface area contributed by atoms with Gasteiger partial charge in [-0.05, 0) is 25.8 Å². The minimum Gasteiger partial charge on any atom is -0.397 e. The Hall–Kier alpha value is -1.20. The summed E-state index contributed by atoms with van der Waals surface area (Å²) in [4.78, 5) is 1.91. The number of rotatable bonds is 3. The van der Waals surface area contributed by atoms with Gasteiger partial charge in [-0.3, -0.25) is 0 Å². The maximum Gasteiger partial charge on any atom is 0.169 e. The smallest absolute Gasteiger partial charge is 0.169 e. The van der Waals surface area contributed by atoms with Gasteiger partial charge in [0.15, 0.2) is 5.82 Å². The number of nitrogens with zero attached hydrogens (tertiary/aromatic N) is 1. The van der Waals surface area contributed by atoms with Crippen molar-refractivity contribution in [3.05, 3.63) is 16.9 Å². The highest BCUT2D eigenvalue weighted by molar-refractivity contribution is 6.33. The molecule has 106 valence electrons. The molecule has 0 aromatic heterocycles. The Bertz CT molecular complexity index is 462. The molecule has 2 rings (SSSR count). The fourth-order valence-corrected chi connectivity index (χ4v) is 2.60. The fraction of sp³-hybridized carbons (Fsp3) is 0.538. The number of halogens is 2. The summed E-state index contributed by atoms with van der Waals surface area (Å²) in [6.07, 6.45) is 1.96. The second-order valence-electron chi connectivity index (χ2n) is 4.67. The van der Waals surface area contributed by atoms with E-state index in [9.17, 15) is 4.39 Å². The van der Waals surface area contributed by atoms with Crippen LogP contribution in [-0.2, 0) is 4.74 Å². The lowest BCUT2D eigenvalue weighted by Crippen LogP contribution is -2.38. The molecule has 19 heavy (non-hydrogen) atoms. The molecule has 1 saturated heterocycles. The van der Waals surface area contributed by atoms with Crippen LogP contribution < -0.4 is 16.4 Å². The third-order valence-electron chi connectivity index (χ3n) is 3.40. The van der Waals surface area contributed by atoms with E-state index in [1.807, 2.05) is 11.8 Å². The predicted octanol–water partition coefficient (Wildman–Crippen LogP) is 2.65. The molecular formula is C13H19ClFN3O. The summed E-state index contributed by atoms with van der Waals surface area (Å²) in [5.74, 6) is -0.533. The van der Waals surface area contributed by atoms with E-state index in [0.29, 0.717) is 31.1 Å². The van der Waals surface area contributed by atoms with Crippen molar-refractivity contribution in [3.8, 4) is 0 Å². The van der Waals surface area contributed by atoms with Crippen LogP contribution in [0.5, 0.6) is 0 Å². The molecule has 0 saturated carbocycles. The monoisotopic (exact) mass is 287 g/mol. The minimum absolute atomic E-state index is 0.0591. The van der Waals surface area contributed by atoms with Crippen LogP contribution in [0, 0.1) is 5.82 Å². The van der Waals surface area contributed by atoms with Gasteiger partial charge in [0.05, 0.1) is 23.2 Å². The molecule has 0 atom stereocenters. The predicted molar refractivity (Wildman–Crippen MR) is 77.1 cm³/mol. The molecule has 1 fully saturated rings. The van der Waals surface area contributed by atoms with Crippen LogP contribution in [-0.4, -0.2) is 25.8 Å². The molecule has 0 unspecified atom stereocenters. The van der Waals surface area contributed by atoms with Crippen LogP contribution in [0.2, 0.25) is 5.02 Å². The van der Waals surface area contributed by atoms with Gasteiger partial charge in [0.2, 0.25) is 0 Å². The molecule has 1 aromatic carbocycles. The molecule has 1 aromatic rings. The summed E-state index contributed by atoms with van der Waals surface area (Å²) in [6, 6.07) is 1.51. The Morgan fingerprint density at radius 2 is 2.00 bits per heavy atom. The van der Waals surface area contributed by atoms with Gasteiger partial charge in [-0.2, -0.15) is 0 Å². The topological polar surface area (TPSA) is 64.5 Å². The van der Waals surface area contributed by atoms with Gasteiger partial charge in [-0.15, -0.1) is 0 Å². The van der Waals surface area contributed by atoms with Crippen LogP contribution in [0.4, 0.5) is 21.5 Å². The summed E-state index contributed by atoms with van der Waals surface area (Å²) >= 11 is 5.85. The largest absolute Gasteiger partial charge is 0.397 e. The maximum absolute atomic E-state index is 14.2. The second kappa shape index (κ2) is 5.84. The third-order valence-corrected chi connectivity index (χ3v) is 3.78. The number of anilines is 3. The van der Waals surface area contributed by atoms with Gasteiger partial charge < -0.3 is 21.1 Å². The van der Waals surface area contributed by atoms with Gasteiger partial charge in [0.25, 0.3) is 0 Å². The minimum atomic E-state index is -0.533. The van der Waals surface area contributed by atoms with Crippen LogP contribution in [0.15, 0.2) is 6.07 Å². The summed E-state index contributed by atoms with van der Waals surface area (Å²) in [5, 5.41) is -0.0591. The summed E-state index contributed by atoms with van der Waals surface area (Å²) in [6.45, 7) is 4.08. The summed E-state index contributed by atoms with van der Waals surface area (Å²) < 4.78 is 19.8. The standard InChI is InChI=1S/C13H19ClFN3O/c1-2-19-8-3-5-18(6-4-8)13-10(17)7-9(16)11(14)12(13)15/h7-8H,2-6,16-17H2,1H3. The van der Waals surface area contributed by atoms with Crippen molar-refractivity contribution in [1.29, 1.82) is 0 Å². The molecule has 0 radical (unpaired) electrons. The summed E-state index contributed by atoms with van der Waals surface area (Å²) in [5.41, 5.74) is 12.3. The van der Waals surface area contributed by atoms with E-state index in [1.165, 1.54) is 6.07 Å². The number of benzene rings is 1. The van der Waals surface area contributed by atoms with Crippen LogP contribution in [0.3, 0.4) is 0 Å². The van der Waals surface area contributed by atoms with E-state index < -0.39 is 5.82 Å². The van der Waals surface area contributed by atoms with Crippen LogP contribution >= 0.6 is 11.6 Å². The molecular weight excluding hydrogens is 269 g/mol. The van der Waals surface area contributed by atoms with Crippen molar-refractivity contribution in [2.24, 2.45) is 0 Å². The van der Waals surface area contributed by atoms with E-state index in [4.69, 9.17) is 27.8 Å². The maximum atomic E-state index is 14.2. The van der Waals surface area contributed by atoms with E-state index in [2.05, 4.69) is 0 Å².